The zero-order chi connectivity index (χ0) is 13.2. The quantitative estimate of drug-likeness (QED) is 0.931. The van der Waals surface area contributed by atoms with Crippen molar-refractivity contribution in [2.24, 2.45) is 11.7 Å². The lowest BCUT2D eigenvalue weighted by molar-refractivity contribution is 0.460. The standard InChI is InChI=1S/C15H21N3S/c1-2-18(13-5-3-4-11(13)10-16)15-12-7-9-19-14(12)6-8-17-15/h6-9,11,13H,2-5,10,16H2,1H3. The van der Waals surface area contributed by atoms with Crippen LogP contribution in [0.5, 0.6) is 0 Å². The summed E-state index contributed by atoms with van der Waals surface area (Å²) in [6.45, 7) is 4.02. The molecule has 1 aliphatic carbocycles. The van der Waals surface area contributed by atoms with E-state index in [1.807, 2.05) is 6.20 Å². The van der Waals surface area contributed by atoms with Gasteiger partial charge in [0.15, 0.2) is 0 Å². The number of anilines is 1. The van der Waals surface area contributed by atoms with Crippen LogP contribution in [0, 0.1) is 5.92 Å². The Kier molecular flexibility index (Phi) is 3.71. The van der Waals surface area contributed by atoms with Crippen LogP contribution in [0.2, 0.25) is 0 Å². The first-order valence-electron chi connectivity index (χ1n) is 7.14. The Hall–Kier alpha value is -1.13. The lowest BCUT2D eigenvalue weighted by Gasteiger charge is -2.33. The highest BCUT2D eigenvalue weighted by Crippen LogP contribution is 2.35. The normalized spacial score (nSPS) is 23.1. The fourth-order valence-electron chi connectivity index (χ4n) is 3.35. The van der Waals surface area contributed by atoms with Crippen LogP contribution >= 0.6 is 11.3 Å². The van der Waals surface area contributed by atoms with Gasteiger partial charge in [0.05, 0.1) is 0 Å². The largest absolute Gasteiger partial charge is 0.353 e. The van der Waals surface area contributed by atoms with Gasteiger partial charge in [-0.2, -0.15) is 0 Å². The zero-order valence-corrected chi connectivity index (χ0v) is 12.2. The van der Waals surface area contributed by atoms with Crippen molar-refractivity contribution in [2.45, 2.75) is 32.2 Å². The predicted molar refractivity (Wildman–Crippen MR) is 82.8 cm³/mol. The van der Waals surface area contributed by atoms with E-state index in [2.05, 4.69) is 34.3 Å². The van der Waals surface area contributed by atoms with Gasteiger partial charge in [0, 0.05) is 28.9 Å². The maximum Gasteiger partial charge on any atom is 0.137 e. The molecule has 2 aromatic heterocycles. The van der Waals surface area contributed by atoms with Crippen molar-refractivity contribution < 1.29 is 0 Å². The van der Waals surface area contributed by atoms with Crippen LogP contribution in [-0.4, -0.2) is 24.1 Å². The summed E-state index contributed by atoms with van der Waals surface area (Å²) in [6.07, 6.45) is 5.74. The number of thiophene rings is 1. The van der Waals surface area contributed by atoms with Gasteiger partial charge in [-0.25, -0.2) is 4.98 Å². The van der Waals surface area contributed by atoms with Crippen molar-refractivity contribution >= 4 is 27.2 Å². The van der Waals surface area contributed by atoms with Gasteiger partial charge in [-0.05, 0) is 49.7 Å². The van der Waals surface area contributed by atoms with Gasteiger partial charge in [-0.3, -0.25) is 0 Å². The molecular weight excluding hydrogens is 254 g/mol. The number of pyridine rings is 1. The van der Waals surface area contributed by atoms with E-state index in [0.717, 1.165) is 18.9 Å². The van der Waals surface area contributed by atoms with E-state index in [0.29, 0.717) is 12.0 Å². The summed E-state index contributed by atoms with van der Waals surface area (Å²) < 4.78 is 1.32. The van der Waals surface area contributed by atoms with Crippen LogP contribution in [0.25, 0.3) is 10.1 Å². The van der Waals surface area contributed by atoms with Crippen molar-refractivity contribution in [1.82, 2.24) is 4.98 Å². The molecule has 4 heteroatoms. The third-order valence-electron chi connectivity index (χ3n) is 4.29. The minimum absolute atomic E-state index is 0.563. The van der Waals surface area contributed by atoms with Crippen molar-refractivity contribution in [3.63, 3.8) is 0 Å². The van der Waals surface area contributed by atoms with E-state index in [-0.39, 0.29) is 0 Å². The van der Waals surface area contributed by atoms with E-state index in [9.17, 15) is 0 Å². The molecule has 2 N–H and O–H groups in total. The number of nitrogens with two attached hydrogens (primary N) is 1. The highest BCUT2D eigenvalue weighted by Gasteiger charge is 2.31. The molecule has 3 nitrogen and oxygen atoms in total. The lowest BCUT2D eigenvalue weighted by Crippen LogP contribution is -2.40. The van der Waals surface area contributed by atoms with E-state index < -0.39 is 0 Å². The Bertz CT molecular complexity index is 551. The van der Waals surface area contributed by atoms with Crippen molar-refractivity contribution in [2.75, 3.05) is 18.0 Å². The molecule has 0 saturated heterocycles. The summed E-state index contributed by atoms with van der Waals surface area (Å²) in [5.41, 5.74) is 5.94. The van der Waals surface area contributed by atoms with Crippen molar-refractivity contribution in [1.29, 1.82) is 0 Å². The summed E-state index contributed by atoms with van der Waals surface area (Å²) >= 11 is 1.79. The number of fused-ring (bicyclic) bond motifs is 1. The molecule has 2 heterocycles. The second-order valence-electron chi connectivity index (χ2n) is 5.25. The smallest absolute Gasteiger partial charge is 0.137 e. The summed E-state index contributed by atoms with van der Waals surface area (Å²) in [4.78, 5) is 7.13. The molecule has 0 aliphatic heterocycles. The van der Waals surface area contributed by atoms with E-state index >= 15 is 0 Å². The number of aromatic nitrogens is 1. The van der Waals surface area contributed by atoms with Crippen molar-refractivity contribution in [3.05, 3.63) is 23.7 Å². The maximum atomic E-state index is 5.94. The van der Waals surface area contributed by atoms with E-state index in [4.69, 9.17) is 5.73 Å². The lowest BCUT2D eigenvalue weighted by atomic mass is 10.0. The van der Waals surface area contributed by atoms with Gasteiger partial charge in [-0.15, -0.1) is 11.3 Å². The first-order chi connectivity index (χ1) is 9.35. The van der Waals surface area contributed by atoms with Crippen LogP contribution in [0.3, 0.4) is 0 Å². The monoisotopic (exact) mass is 275 g/mol. The number of rotatable bonds is 4. The van der Waals surface area contributed by atoms with Gasteiger partial charge in [0.2, 0.25) is 0 Å². The third kappa shape index (κ3) is 2.23. The Morgan fingerprint density at radius 2 is 2.32 bits per heavy atom. The summed E-state index contributed by atoms with van der Waals surface area (Å²) in [6, 6.07) is 4.86. The van der Waals surface area contributed by atoms with Gasteiger partial charge in [-0.1, -0.05) is 6.42 Å². The first kappa shape index (κ1) is 12.9. The first-order valence-corrected chi connectivity index (χ1v) is 8.02. The summed E-state index contributed by atoms with van der Waals surface area (Å²) in [5, 5.41) is 3.44. The van der Waals surface area contributed by atoms with Gasteiger partial charge in [0.1, 0.15) is 5.82 Å². The third-order valence-corrected chi connectivity index (χ3v) is 5.18. The molecule has 0 spiro atoms. The highest BCUT2D eigenvalue weighted by molar-refractivity contribution is 7.17. The fourth-order valence-corrected chi connectivity index (χ4v) is 4.13. The molecule has 2 unspecified atom stereocenters. The fraction of sp³-hybridized carbons (Fsp3) is 0.533. The van der Waals surface area contributed by atoms with E-state index in [1.165, 1.54) is 29.3 Å². The molecule has 1 fully saturated rings. The highest BCUT2D eigenvalue weighted by atomic mass is 32.1. The molecule has 1 aliphatic rings. The Balaban J connectivity index is 2.00. The number of nitrogens with zero attached hydrogens (tertiary/aromatic N) is 2. The maximum absolute atomic E-state index is 5.94. The Morgan fingerprint density at radius 1 is 1.42 bits per heavy atom. The van der Waals surface area contributed by atoms with Gasteiger partial charge in [0.25, 0.3) is 0 Å². The average molecular weight is 275 g/mol. The molecule has 1 saturated carbocycles. The molecule has 3 rings (SSSR count). The molecular formula is C15H21N3S. The molecule has 0 radical (unpaired) electrons. The minimum Gasteiger partial charge on any atom is -0.353 e. The second kappa shape index (κ2) is 5.47. The molecule has 19 heavy (non-hydrogen) atoms. The van der Waals surface area contributed by atoms with Crippen molar-refractivity contribution in [3.8, 4) is 0 Å². The molecule has 0 amide bonds. The average Bonchev–Trinajstić information content (AvgIpc) is 3.08. The zero-order valence-electron chi connectivity index (χ0n) is 11.4. The number of hydrogen-bond donors (Lipinski definition) is 1. The van der Waals surface area contributed by atoms with Crippen LogP contribution in [-0.2, 0) is 0 Å². The molecule has 2 atom stereocenters. The second-order valence-corrected chi connectivity index (χ2v) is 6.19. The van der Waals surface area contributed by atoms with E-state index in [1.54, 1.807) is 11.3 Å². The SMILES string of the molecule is CCN(c1nccc2sccc12)C1CCCC1CN. The summed E-state index contributed by atoms with van der Waals surface area (Å²) in [5.74, 6) is 1.77. The van der Waals surface area contributed by atoms with Crippen LogP contribution < -0.4 is 10.6 Å². The molecule has 2 aromatic rings. The number of hydrogen-bond acceptors (Lipinski definition) is 4. The Labute approximate surface area is 118 Å². The van der Waals surface area contributed by atoms with Gasteiger partial charge < -0.3 is 10.6 Å². The molecule has 0 bridgehead atoms. The minimum atomic E-state index is 0.563. The Morgan fingerprint density at radius 3 is 3.11 bits per heavy atom. The topological polar surface area (TPSA) is 42.2 Å². The predicted octanol–water partition coefficient (Wildman–Crippen LogP) is 3.25. The van der Waals surface area contributed by atoms with Gasteiger partial charge >= 0.3 is 0 Å². The summed E-state index contributed by atoms with van der Waals surface area (Å²) in [7, 11) is 0. The van der Waals surface area contributed by atoms with Crippen LogP contribution in [0.1, 0.15) is 26.2 Å². The molecule has 102 valence electrons. The molecule has 0 aromatic carbocycles. The van der Waals surface area contributed by atoms with Crippen LogP contribution in [0.15, 0.2) is 23.7 Å². The van der Waals surface area contributed by atoms with Crippen LogP contribution in [0.4, 0.5) is 5.82 Å².